The fourth-order valence-electron chi connectivity index (χ4n) is 2.30. The van der Waals surface area contributed by atoms with E-state index in [9.17, 15) is 4.79 Å². The van der Waals surface area contributed by atoms with Crippen molar-refractivity contribution >= 4 is 23.2 Å². The molecule has 0 bridgehead atoms. The lowest BCUT2D eigenvalue weighted by Gasteiger charge is -2.12. The van der Waals surface area contributed by atoms with Gasteiger partial charge < -0.3 is 24.6 Å². The second-order valence-electron chi connectivity index (χ2n) is 5.40. The van der Waals surface area contributed by atoms with Gasteiger partial charge in [0.15, 0.2) is 5.82 Å². The highest BCUT2D eigenvalue weighted by Gasteiger charge is 2.11. The number of rotatable bonds is 6. The molecule has 2 N–H and O–H groups in total. The predicted molar refractivity (Wildman–Crippen MR) is 96.3 cm³/mol. The van der Waals surface area contributed by atoms with Gasteiger partial charge in [0.1, 0.15) is 23.1 Å². The maximum absolute atomic E-state index is 12.4. The first-order valence-corrected chi connectivity index (χ1v) is 7.79. The van der Waals surface area contributed by atoms with E-state index >= 15 is 0 Å². The highest BCUT2D eigenvalue weighted by molar-refractivity contribution is 6.04. The summed E-state index contributed by atoms with van der Waals surface area (Å²) in [6, 6.07) is 10.2. The molecule has 0 saturated carbocycles. The Morgan fingerprint density at radius 1 is 1.08 bits per heavy atom. The Morgan fingerprint density at radius 2 is 1.92 bits per heavy atom. The zero-order chi connectivity index (χ0) is 18.5. The number of pyridine rings is 1. The Hall–Kier alpha value is -3.55. The maximum Gasteiger partial charge on any atom is 0.257 e. The first-order chi connectivity index (χ1) is 12.6. The average molecular weight is 354 g/mol. The number of nitrogens with one attached hydrogen (secondary N) is 2. The Bertz CT molecular complexity index is 923. The molecular formula is C18H18N4O4. The van der Waals surface area contributed by atoms with E-state index in [0.717, 1.165) is 0 Å². The van der Waals surface area contributed by atoms with Crippen LogP contribution in [0.2, 0.25) is 0 Å². The van der Waals surface area contributed by atoms with Gasteiger partial charge in [-0.25, -0.2) is 4.98 Å². The van der Waals surface area contributed by atoms with Crippen molar-refractivity contribution in [3.8, 4) is 11.5 Å². The summed E-state index contributed by atoms with van der Waals surface area (Å²) in [6.45, 7) is 1.75. The predicted octanol–water partition coefficient (Wildman–Crippen LogP) is 3.39. The summed E-state index contributed by atoms with van der Waals surface area (Å²) in [5, 5.41) is 9.54. The summed E-state index contributed by atoms with van der Waals surface area (Å²) in [5.41, 5.74) is 1.09. The molecule has 8 nitrogen and oxygen atoms in total. The molecule has 1 amide bonds. The Labute approximate surface area is 150 Å². The number of amides is 1. The molecule has 2 aromatic heterocycles. The summed E-state index contributed by atoms with van der Waals surface area (Å²) >= 11 is 0. The molecule has 134 valence electrons. The molecule has 0 aliphatic heterocycles. The molecule has 0 unspecified atom stereocenters. The highest BCUT2D eigenvalue weighted by Crippen LogP contribution is 2.31. The van der Waals surface area contributed by atoms with Crippen LogP contribution in [0.25, 0.3) is 0 Å². The highest BCUT2D eigenvalue weighted by atomic mass is 16.5. The number of nitrogens with zero attached hydrogens (tertiary/aromatic N) is 2. The van der Waals surface area contributed by atoms with Crippen molar-refractivity contribution in [3.63, 3.8) is 0 Å². The topological polar surface area (TPSA) is 98.5 Å². The molecule has 2 heterocycles. The maximum atomic E-state index is 12.4. The van der Waals surface area contributed by atoms with Gasteiger partial charge in [-0.15, -0.1) is 0 Å². The second-order valence-corrected chi connectivity index (χ2v) is 5.40. The molecule has 0 saturated heterocycles. The quantitative estimate of drug-likeness (QED) is 0.700. The van der Waals surface area contributed by atoms with E-state index in [-0.39, 0.29) is 5.91 Å². The molecule has 0 atom stereocenters. The van der Waals surface area contributed by atoms with Crippen molar-refractivity contribution in [2.75, 3.05) is 24.9 Å². The molecule has 26 heavy (non-hydrogen) atoms. The van der Waals surface area contributed by atoms with E-state index in [4.69, 9.17) is 14.0 Å². The average Bonchev–Trinajstić information content (AvgIpc) is 3.06. The lowest BCUT2D eigenvalue weighted by Crippen LogP contribution is -2.12. The van der Waals surface area contributed by atoms with Crippen LogP contribution in [0.4, 0.5) is 17.3 Å². The van der Waals surface area contributed by atoms with E-state index in [2.05, 4.69) is 20.8 Å². The van der Waals surface area contributed by atoms with Gasteiger partial charge in [-0.3, -0.25) is 4.79 Å². The normalized spacial score (nSPS) is 10.3. The minimum Gasteiger partial charge on any atom is -0.497 e. The van der Waals surface area contributed by atoms with Crippen LogP contribution in [-0.4, -0.2) is 30.3 Å². The lowest BCUT2D eigenvalue weighted by atomic mass is 10.2. The van der Waals surface area contributed by atoms with Crippen LogP contribution in [0.5, 0.6) is 11.5 Å². The third kappa shape index (κ3) is 3.92. The second kappa shape index (κ2) is 7.56. The molecule has 0 spiro atoms. The van der Waals surface area contributed by atoms with Gasteiger partial charge >= 0.3 is 0 Å². The van der Waals surface area contributed by atoms with Crippen LogP contribution in [0.15, 0.2) is 47.1 Å². The zero-order valence-electron chi connectivity index (χ0n) is 14.6. The fourth-order valence-corrected chi connectivity index (χ4v) is 2.30. The van der Waals surface area contributed by atoms with Crippen molar-refractivity contribution in [2.45, 2.75) is 6.92 Å². The molecule has 0 aliphatic rings. The number of carbonyl (C=O) groups excluding carboxylic acids is 1. The van der Waals surface area contributed by atoms with Gasteiger partial charge in [-0.05, 0) is 31.2 Å². The van der Waals surface area contributed by atoms with E-state index in [1.807, 2.05) is 0 Å². The molecule has 0 radical (unpaired) electrons. The number of anilines is 3. The van der Waals surface area contributed by atoms with Gasteiger partial charge in [0.25, 0.3) is 5.91 Å². The van der Waals surface area contributed by atoms with Gasteiger partial charge in [-0.2, -0.15) is 0 Å². The number of hydrogen-bond acceptors (Lipinski definition) is 7. The summed E-state index contributed by atoms with van der Waals surface area (Å²) < 4.78 is 15.5. The molecule has 0 fully saturated rings. The summed E-state index contributed by atoms with van der Waals surface area (Å²) in [4.78, 5) is 16.6. The smallest absolute Gasteiger partial charge is 0.257 e. The number of benzene rings is 1. The number of hydrogen-bond donors (Lipinski definition) is 2. The molecule has 8 heteroatoms. The third-order valence-corrected chi connectivity index (χ3v) is 3.56. The third-order valence-electron chi connectivity index (χ3n) is 3.56. The number of ether oxygens (including phenoxy) is 2. The summed E-state index contributed by atoms with van der Waals surface area (Å²) in [5.74, 6) is 2.43. The molecular weight excluding hydrogens is 336 g/mol. The monoisotopic (exact) mass is 354 g/mol. The largest absolute Gasteiger partial charge is 0.497 e. The minimum absolute atomic E-state index is 0.318. The fraction of sp³-hybridized carbons (Fsp3) is 0.167. The standard InChI is InChI=1S/C18H18N4O4/c1-11-8-17(22-26-11)21-18(23)12-6-7-19-16(9-12)20-14-10-13(24-2)4-5-15(14)25-3/h4-10H,1-3H3,(H,19,20)(H,21,22,23). The van der Waals surface area contributed by atoms with Crippen LogP contribution in [0.3, 0.4) is 0 Å². The van der Waals surface area contributed by atoms with Crippen molar-refractivity contribution in [1.29, 1.82) is 0 Å². The van der Waals surface area contributed by atoms with Crippen LogP contribution in [0.1, 0.15) is 16.1 Å². The van der Waals surface area contributed by atoms with Crippen molar-refractivity contribution in [2.24, 2.45) is 0 Å². The summed E-state index contributed by atoms with van der Waals surface area (Å²) in [7, 11) is 3.16. The first kappa shape index (κ1) is 17.3. The van der Waals surface area contributed by atoms with E-state index in [1.54, 1.807) is 57.5 Å². The van der Waals surface area contributed by atoms with Crippen LogP contribution in [-0.2, 0) is 0 Å². The van der Waals surface area contributed by atoms with Crippen molar-refractivity contribution < 1.29 is 18.8 Å². The minimum atomic E-state index is -0.318. The molecule has 3 rings (SSSR count). The molecule has 0 aliphatic carbocycles. The van der Waals surface area contributed by atoms with Crippen LogP contribution >= 0.6 is 0 Å². The van der Waals surface area contributed by atoms with Crippen LogP contribution < -0.4 is 20.1 Å². The number of carbonyl (C=O) groups is 1. The lowest BCUT2D eigenvalue weighted by molar-refractivity contribution is 0.102. The Balaban J connectivity index is 1.80. The van der Waals surface area contributed by atoms with Gasteiger partial charge in [-0.1, -0.05) is 5.16 Å². The van der Waals surface area contributed by atoms with Crippen LogP contribution in [0, 0.1) is 6.92 Å². The molecule has 1 aromatic carbocycles. The van der Waals surface area contributed by atoms with Gasteiger partial charge in [0, 0.05) is 23.9 Å². The van der Waals surface area contributed by atoms with E-state index in [1.165, 1.54) is 6.20 Å². The molecule has 3 aromatic rings. The van der Waals surface area contributed by atoms with Gasteiger partial charge in [0.05, 0.1) is 19.9 Å². The Kier molecular flexibility index (Phi) is 5.02. The SMILES string of the molecule is COc1ccc(OC)c(Nc2cc(C(=O)Nc3cc(C)on3)ccn2)c1. The Morgan fingerprint density at radius 3 is 2.62 bits per heavy atom. The van der Waals surface area contributed by atoms with Crippen molar-refractivity contribution in [3.05, 3.63) is 53.9 Å². The first-order valence-electron chi connectivity index (χ1n) is 7.79. The van der Waals surface area contributed by atoms with E-state index in [0.29, 0.717) is 40.1 Å². The summed E-state index contributed by atoms with van der Waals surface area (Å²) in [6.07, 6.45) is 1.54. The number of methoxy groups -OCH3 is 2. The number of aryl methyl sites for hydroxylation is 1. The van der Waals surface area contributed by atoms with Gasteiger partial charge in [0.2, 0.25) is 0 Å². The van der Waals surface area contributed by atoms with Crippen molar-refractivity contribution in [1.82, 2.24) is 10.1 Å². The number of aromatic nitrogens is 2. The zero-order valence-corrected chi connectivity index (χ0v) is 14.6. The van der Waals surface area contributed by atoms with E-state index < -0.39 is 0 Å².